The zero-order chi connectivity index (χ0) is 21.4. The van der Waals surface area contributed by atoms with Crippen molar-refractivity contribution in [2.75, 3.05) is 5.32 Å². The van der Waals surface area contributed by atoms with Crippen LogP contribution < -0.4 is 5.32 Å². The number of rotatable bonds is 3. The number of carbonyl (C=O) groups excluding carboxylic acids is 1. The molecule has 0 saturated heterocycles. The smallest absolute Gasteiger partial charge is 0.322 e. The molecular weight excluding hydrogens is 402 g/mol. The number of anilines is 1. The summed E-state index contributed by atoms with van der Waals surface area (Å²) < 4.78 is 79.0. The van der Waals surface area contributed by atoms with E-state index in [4.69, 9.17) is 0 Å². The Kier molecular flexibility index (Phi) is 5.07. The molecule has 0 aliphatic carbocycles. The van der Waals surface area contributed by atoms with E-state index in [0.717, 1.165) is 6.20 Å². The standard InChI is InChI=1S/C18H12F6N4O/c1-10-14(9-26-28(10)15-4-2-3-5-25-15)16(29)27-13-7-11(17(19,20)21)6-12(8-13)18(22,23)24/h2-9H,1H3,(H,27,29). The predicted octanol–water partition coefficient (Wildman–Crippen LogP) is 4.87. The molecular formula is C18H12F6N4O. The number of hydrogen-bond donors (Lipinski definition) is 1. The molecule has 0 atom stereocenters. The molecule has 0 aliphatic rings. The number of aromatic nitrogens is 3. The molecule has 5 nitrogen and oxygen atoms in total. The molecule has 152 valence electrons. The van der Waals surface area contributed by atoms with E-state index < -0.39 is 35.1 Å². The predicted molar refractivity (Wildman–Crippen MR) is 90.5 cm³/mol. The van der Waals surface area contributed by atoms with Gasteiger partial charge in [-0.1, -0.05) is 6.07 Å². The van der Waals surface area contributed by atoms with Crippen molar-refractivity contribution in [1.29, 1.82) is 0 Å². The quantitative estimate of drug-likeness (QED) is 0.623. The van der Waals surface area contributed by atoms with Crippen LogP contribution in [0.2, 0.25) is 0 Å². The summed E-state index contributed by atoms with van der Waals surface area (Å²) in [7, 11) is 0. The van der Waals surface area contributed by atoms with Crippen molar-refractivity contribution >= 4 is 11.6 Å². The molecule has 3 rings (SSSR count). The van der Waals surface area contributed by atoms with E-state index in [1.807, 2.05) is 0 Å². The van der Waals surface area contributed by atoms with Crippen LogP contribution in [-0.4, -0.2) is 20.7 Å². The molecule has 29 heavy (non-hydrogen) atoms. The van der Waals surface area contributed by atoms with Crippen molar-refractivity contribution in [2.24, 2.45) is 0 Å². The Balaban J connectivity index is 1.94. The highest BCUT2D eigenvalue weighted by Gasteiger charge is 2.37. The largest absolute Gasteiger partial charge is 0.416 e. The first-order valence-electron chi connectivity index (χ1n) is 8.03. The highest BCUT2D eigenvalue weighted by Crippen LogP contribution is 2.37. The Hall–Kier alpha value is -3.37. The minimum atomic E-state index is -5.01. The van der Waals surface area contributed by atoms with E-state index in [0.29, 0.717) is 23.6 Å². The second-order valence-electron chi connectivity index (χ2n) is 5.99. The van der Waals surface area contributed by atoms with Crippen molar-refractivity contribution in [3.05, 3.63) is 71.2 Å². The Morgan fingerprint density at radius 3 is 2.14 bits per heavy atom. The maximum absolute atomic E-state index is 13.0. The van der Waals surface area contributed by atoms with E-state index in [1.54, 1.807) is 18.2 Å². The Labute approximate surface area is 160 Å². The number of benzene rings is 1. The summed E-state index contributed by atoms with van der Waals surface area (Å²) >= 11 is 0. The minimum absolute atomic E-state index is 0.0139. The zero-order valence-electron chi connectivity index (χ0n) is 14.6. The average molecular weight is 414 g/mol. The number of pyridine rings is 1. The lowest BCUT2D eigenvalue weighted by atomic mass is 10.1. The molecule has 0 fully saturated rings. The van der Waals surface area contributed by atoms with Crippen LogP contribution >= 0.6 is 0 Å². The number of carbonyl (C=O) groups is 1. The van der Waals surface area contributed by atoms with Crippen LogP contribution in [0.15, 0.2) is 48.8 Å². The highest BCUT2D eigenvalue weighted by atomic mass is 19.4. The van der Waals surface area contributed by atoms with Crippen molar-refractivity contribution in [2.45, 2.75) is 19.3 Å². The Bertz CT molecular complexity index is 1010. The summed E-state index contributed by atoms with van der Waals surface area (Å²) in [5, 5.41) is 6.07. The van der Waals surface area contributed by atoms with Gasteiger partial charge in [-0.25, -0.2) is 9.67 Å². The van der Waals surface area contributed by atoms with Gasteiger partial charge < -0.3 is 5.32 Å². The summed E-state index contributed by atoms with van der Waals surface area (Å²) in [6, 6.07) is 5.83. The van der Waals surface area contributed by atoms with Gasteiger partial charge in [0, 0.05) is 11.9 Å². The topological polar surface area (TPSA) is 59.8 Å². The van der Waals surface area contributed by atoms with Crippen LogP contribution in [-0.2, 0) is 12.4 Å². The van der Waals surface area contributed by atoms with Crippen LogP contribution in [0.25, 0.3) is 5.82 Å². The second kappa shape index (κ2) is 7.22. The van der Waals surface area contributed by atoms with Gasteiger partial charge in [0.2, 0.25) is 0 Å². The molecule has 1 aromatic carbocycles. The lowest BCUT2D eigenvalue weighted by Crippen LogP contribution is -2.16. The summed E-state index contributed by atoms with van der Waals surface area (Å²) in [6.07, 6.45) is -7.38. The van der Waals surface area contributed by atoms with Gasteiger partial charge in [0.05, 0.1) is 28.6 Å². The number of nitrogens with zero attached hydrogens (tertiary/aromatic N) is 3. The Morgan fingerprint density at radius 2 is 1.62 bits per heavy atom. The number of amides is 1. The molecule has 0 bridgehead atoms. The van der Waals surface area contributed by atoms with Gasteiger partial charge >= 0.3 is 12.4 Å². The SMILES string of the molecule is Cc1c(C(=O)Nc2cc(C(F)(F)F)cc(C(F)(F)F)c2)cnn1-c1ccccn1. The van der Waals surface area contributed by atoms with E-state index in [-0.39, 0.29) is 11.6 Å². The average Bonchev–Trinajstić information content (AvgIpc) is 3.02. The third-order valence-corrected chi connectivity index (χ3v) is 3.97. The van der Waals surface area contributed by atoms with Crippen molar-refractivity contribution < 1.29 is 31.1 Å². The lowest BCUT2D eigenvalue weighted by Gasteiger charge is -2.14. The van der Waals surface area contributed by atoms with Gasteiger partial charge in [0.25, 0.3) is 5.91 Å². The van der Waals surface area contributed by atoms with Crippen LogP contribution in [0.1, 0.15) is 27.2 Å². The van der Waals surface area contributed by atoms with Crippen LogP contribution in [0.5, 0.6) is 0 Å². The van der Waals surface area contributed by atoms with Gasteiger partial charge in [-0.15, -0.1) is 0 Å². The molecule has 0 spiro atoms. The van der Waals surface area contributed by atoms with Gasteiger partial charge in [0.1, 0.15) is 0 Å². The minimum Gasteiger partial charge on any atom is -0.322 e. The fraction of sp³-hybridized carbons (Fsp3) is 0.167. The van der Waals surface area contributed by atoms with Gasteiger partial charge in [-0.05, 0) is 37.3 Å². The maximum atomic E-state index is 13.0. The molecule has 2 heterocycles. The lowest BCUT2D eigenvalue weighted by molar-refractivity contribution is -0.143. The fourth-order valence-electron chi connectivity index (χ4n) is 2.57. The van der Waals surface area contributed by atoms with Crippen molar-refractivity contribution in [3.63, 3.8) is 0 Å². The van der Waals surface area contributed by atoms with Gasteiger partial charge in [-0.2, -0.15) is 31.4 Å². The number of nitrogens with one attached hydrogen (secondary N) is 1. The van der Waals surface area contributed by atoms with Crippen LogP contribution in [0.3, 0.4) is 0 Å². The normalized spacial score (nSPS) is 12.1. The second-order valence-corrected chi connectivity index (χ2v) is 5.99. The van der Waals surface area contributed by atoms with Crippen LogP contribution in [0.4, 0.5) is 32.0 Å². The first kappa shape index (κ1) is 20.4. The van der Waals surface area contributed by atoms with Crippen molar-refractivity contribution in [3.8, 4) is 5.82 Å². The molecule has 0 aliphatic heterocycles. The van der Waals surface area contributed by atoms with Gasteiger partial charge in [0.15, 0.2) is 5.82 Å². The molecule has 3 aromatic rings. The van der Waals surface area contributed by atoms with E-state index in [9.17, 15) is 31.1 Å². The summed E-state index contributed by atoms with van der Waals surface area (Å²) in [6.45, 7) is 1.52. The summed E-state index contributed by atoms with van der Waals surface area (Å²) in [5.41, 5.74) is -3.40. The van der Waals surface area contributed by atoms with Crippen molar-refractivity contribution in [1.82, 2.24) is 14.8 Å². The molecule has 1 amide bonds. The zero-order valence-corrected chi connectivity index (χ0v) is 14.6. The monoisotopic (exact) mass is 414 g/mol. The number of hydrogen-bond acceptors (Lipinski definition) is 3. The number of alkyl halides is 6. The molecule has 1 N–H and O–H groups in total. The fourth-order valence-corrected chi connectivity index (χ4v) is 2.57. The number of halogens is 6. The van der Waals surface area contributed by atoms with Crippen LogP contribution in [0, 0.1) is 6.92 Å². The van der Waals surface area contributed by atoms with E-state index in [2.05, 4.69) is 15.4 Å². The van der Waals surface area contributed by atoms with E-state index in [1.165, 1.54) is 17.8 Å². The first-order chi connectivity index (χ1) is 13.5. The molecule has 11 heteroatoms. The van der Waals surface area contributed by atoms with E-state index >= 15 is 0 Å². The van der Waals surface area contributed by atoms with Gasteiger partial charge in [-0.3, -0.25) is 4.79 Å². The Morgan fingerprint density at radius 1 is 1.00 bits per heavy atom. The molecule has 0 unspecified atom stereocenters. The molecule has 2 aromatic heterocycles. The molecule has 0 radical (unpaired) electrons. The highest BCUT2D eigenvalue weighted by molar-refractivity contribution is 6.05. The summed E-state index contributed by atoms with van der Waals surface area (Å²) in [5.74, 6) is -0.514. The maximum Gasteiger partial charge on any atom is 0.416 e. The molecule has 0 saturated carbocycles. The summed E-state index contributed by atoms with van der Waals surface area (Å²) in [4.78, 5) is 16.5. The third-order valence-electron chi connectivity index (χ3n) is 3.97. The third kappa shape index (κ3) is 4.39. The first-order valence-corrected chi connectivity index (χ1v) is 8.03.